The first kappa shape index (κ1) is 20.5. The molecule has 0 spiro atoms. The molecule has 0 aromatic heterocycles. The van der Waals surface area contributed by atoms with Crippen LogP contribution in [0, 0.1) is 11.8 Å². The topological polar surface area (TPSA) is 75.7 Å². The molecule has 1 fully saturated rings. The van der Waals surface area contributed by atoms with Gasteiger partial charge in [-0.1, -0.05) is 37.0 Å². The number of likely N-dealkylation sites (tertiary alicyclic amines) is 1. The van der Waals surface area contributed by atoms with Gasteiger partial charge in [0.1, 0.15) is 6.54 Å². The van der Waals surface area contributed by atoms with E-state index < -0.39 is 11.9 Å². The van der Waals surface area contributed by atoms with Crippen molar-refractivity contribution in [2.24, 2.45) is 11.8 Å². The molecule has 1 saturated heterocycles. The molecule has 0 saturated carbocycles. The van der Waals surface area contributed by atoms with E-state index in [9.17, 15) is 14.4 Å². The van der Waals surface area contributed by atoms with Crippen LogP contribution in [0.2, 0.25) is 10.0 Å². The summed E-state index contributed by atoms with van der Waals surface area (Å²) >= 11 is 11.7. The van der Waals surface area contributed by atoms with Crippen molar-refractivity contribution in [2.45, 2.75) is 20.3 Å². The Morgan fingerprint density at radius 2 is 1.85 bits per heavy atom. The number of esters is 1. The Hall–Kier alpha value is -1.79. The van der Waals surface area contributed by atoms with Crippen molar-refractivity contribution < 1.29 is 19.1 Å². The molecule has 0 bridgehead atoms. The monoisotopic (exact) mass is 400 g/mol. The predicted octanol–water partition coefficient (Wildman–Crippen LogP) is 2.77. The van der Waals surface area contributed by atoms with Crippen molar-refractivity contribution >= 4 is 41.0 Å². The number of carbonyl (C=O) groups excluding carboxylic acids is 3. The quantitative estimate of drug-likeness (QED) is 0.770. The average molecular weight is 401 g/mol. The van der Waals surface area contributed by atoms with E-state index in [0.717, 1.165) is 6.42 Å². The summed E-state index contributed by atoms with van der Waals surface area (Å²) in [6.07, 6.45) is 1.09. The average Bonchev–Trinajstić information content (AvgIpc) is 2.56. The third-order valence-corrected chi connectivity index (χ3v) is 4.70. The molecule has 1 aromatic carbocycles. The second-order valence-corrected chi connectivity index (χ2v) is 7.56. The number of hydrogen-bond donors (Lipinski definition) is 1. The Labute approximate surface area is 162 Å². The molecule has 142 valence electrons. The van der Waals surface area contributed by atoms with Crippen LogP contribution < -0.4 is 5.32 Å². The van der Waals surface area contributed by atoms with E-state index in [2.05, 4.69) is 19.2 Å². The summed E-state index contributed by atoms with van der Waals surface area (Å²) in [5.41, 5.74) is 0.205. The van der Waals surface area contributed by atoms with Gasteiger partial charge in [0.2, 0.25) is 0 Å². The van der Waals surface area contributed by atoms with Gasteiger partial charge in [0.05, 0.1) is 10.6 Å². The van der Waals surface area contributed by atoms with Crippen LogP contribution in [-0.4, -0.2) is 48.9 Å². The van der Waals surface area contributed by atoms with Crippen LogP contribution in [0.15, 0.2) is 18.2 Å². The largest absolute Gasteiger partial charge is 0.454 e. The van der Waals surface area contributed by atoms with E-state index in [1.807, 2.05) is 0 Å². The molecule has 26 heavy (non-hydrogen) atoms. The summed E-state index contributed by atoms with van der Waals surface area (Å²) in [5, 5.41) is 3.01. The number of amides is 2. The minimum Gasteiger partial charge on any atom is -0.454 e. The number of carbonyl (C=O) groups is 3. The third kappa shape index (κ3) is 5.88. The Balaban J connectivity index is 1.76. The van der Waals surface area contributed by atoms with E-state index in [1.54, 1.807) is 4.90 Å². The van der Waals surface area contributed by atoms with Crippen molar-refractivity contribution in [3.05, 3.63) is 33.8 Å². The summed E-state index contributed by atoms with van der Waals surface area (Å²) < 4.78 is 4.96. The molecule has 1 heterocycles. The number of benzene rings is 1. The third-order valence-electron chi connectivity index (χ3n) is 4.15. The van der Waals surface area contributed by atoms with Crippen molar-refractivity contribution in [1.82, 2.24) is 10.2 Å². The van der Waals surface area contributed by atoms with Crippen LogP contribution in [0.25, 0.3) is 0 Å². The van der Waals surface area contributed by atoms with E-state index in [0.29, 0.717) is 29.9 Å². The fourth-order valence-electron chi connectivity index (χ4n) is 3.07. The van der Waals surface area contributed by atoms with Gasteiger partial charge in [0.25, 0.3) is 11.8 Å². The Morgan fingerprint density at radius 1 is 1.19 bits per heavy atom. The Bertz CT molecular complexity index is 686. The number of nitrogens with one attached hydrogen (secondary N) is 1. The van der Waals surface area contributed by atoms with Gasteiger partial charge in [-0.3, -0.25) is 14.4 Å². The summed E-state index contributed by atoms with van der Waals surface area (Å²) in [6.45, 7) is 4.87. The first-order chi connectivity index (χ1) is 12.3. The number of nitrogens with zero attached hydrogens (tertiary/aromatic N) is 1. The molecule has 1 aromatic rings. The lowest BCUT2D eigenvalue weighted by molar-refractivity contribution is -0.152. The molecule has 1 aliphatic heterocycles. The van der Waals surface area contributed by atoms with Crippen LogP contribution >= 0.6 is 23.2 Å². The SMILES string of the molecule is C[C@@H]1C[C@@H](C)CN(C(=O)COC(=O)CNC(=O)c2ccc(Cl)cc2Cl)C1. The van der Waals surface area contributed by atoms with E-state index in [1.165, 1.54) is 18.2 Å². The van der Waals surface area contributed by atoms with Gasteiger partial charge in [0, 0.05) is 18.1 Å². The van der Waals surface area contributed by atoms with Gasteiger partial charge in [-0.2, -0.15) is 0 Å². The molecule has 2 amide bonds. The van der Waals surface area contributed by atoms with Gasteiger partial charge in [0.15, 0.2) is 6.61 Å². The van der Waals surface area contributed by atoms with Gasteiger partial charge in [-0.15, -0.1) is 0 Å². The molecular formula is C18H22Cl2N2O4. The molecule has 1 aliphatic rings. The second kappa shape index (κ2) is 9.24. The number of halogens is 2. The smallest absolute Gasteiger partial charge is 0.325 e. The molecule has 2 atom stereocenters. The van der Waals surface area contributed by atoms with E-state index in [-0.39, 0.29) is 29.6 Å². The summed E-state index contributed by atoms with van der Waals surface area (Å²) in [7, 11) is 0. The van der Waals surface area contributed by atoms with Crippen molar-refractivity contribution in [1.29, 1.82) is 0 Å². The summed E-state index contributed by atoms with van der Waals surface area (Å²) in [4.78, 5) is 37.7. The maximum absolute atomic E-state index is 12.2. The maximum atomic E-state index is 12.2. The van der Waals surface area contributed by atoms with Gasteiger partial charge < -0.3 is 15.0 Å². The first-order valence-corrected chi connectivity index (χ1v) is 9.18. The standard InChI is InChI=1S/C18H22Cl2N2O4/c1-11-5-12(2)9-22(8-11)16(23)10-26-17(24)7-21-18(25)14-4-3-13(19)6-15(14)20/h3-4,6,11-12H,5,7-10H2,1-2H3,(H,21,25)/t11-,12-/m1/s1. The number of ether oxygens (including phenoxy) is 1. The molecule has 6 nitrogen and oxygen atoms in total. The lowest BCUT2D eigenvalue weighted by atomic mass is 9.92. The van der Waals surface area contributed by atoms with E-state index in [4.69, 9.17) is 27.9 Å². The van der Waals surface area contributed by atoms with Crippen molar-refractivity contribution in [3.8, 4) is 0 Å². The highest BCUT2D eigenvalue weighted by Gasteiger charge is 2.26. The van der Waals surface area contributed by atoms with Crippen LogP contribution in [0.3, 0.4) is 0 Å². The summed E-state index contributed by atoms with van der Waals surface area (Å²) in [6, 6.07) is 4.43. The van der Waals surface area contributed by atoms with Gasteiger partial charge in [-0.05, 0) is 36.5 Å². The van der Waals surface area contributed by atoms with Crippen LogP contribution in [0.1, 0.15) is 30.6 Å². The molecule has 0 aliphatic carbocycles. The fraction of sp³-hybridized carbons (Fsp3) is 0.500. The van der Waals surface area contributed by atoms with Gasteiger partial charge >= 0.3 is 5.97 Å². The lowest BCUT2D eigenvalue weighted by Crippen LogP contribution is -2.44. The number of rotatable bonds is 5. The zero-order valence-corrected chi connectivity index (χ0v) is 16.3. The first-order valence-electron chi connectivity index (χ1n) is 8.43. The zero-order valence-electron chi connectivity index (χ0n) is 14.8. The van der Waals surface area contributed by atoms with Crippen LogP contribution in [0.5, 0.6) is 0 Å². The highest BCUT2D eigenvalue weighted by atomic mass is 35.5. The number of piperidine rings is 1. The highest BCUT2D eigenvalue weighted by Crippen LogP contribution is 2.21. The van der Waals surface area contributed by atoms with Gasteiger partial charge in [-0.25, -0.2) is 0 Å². The minimum absolute atomic E-state index is 0.187. The Morgan fingerprint density at radius 3 is 2.46 bits per heavy atom. The molecule has 2 rings (SSSR count). The van der Waals surface area contributed by atoms with Crippen LogP contribution in [-0.2, 0) is 14.3 Å². The molecular weight excluding hydrogens is 379 g/mol. The lowest BCUT2D eigenvalue weighted by Gasteiger charge is -2.34. The second-order valence-electron chi connectivity index (χ2n) is 6.71. The molecule has 0 radical (unpaired) electrons. The fourth-order valence-corrected chi connectivity index (χ4v) is 3.57. The Kier molecular flexibility index (Phi) is 7.29. The summed E-state index contributed by atoms with van der Waals surface area (Å²) in [5.74, 6) is -0.559. The number of hydrogen-bond acceptors (Lipinski definition) is 4. The molecule has 8 heteroatoms. The normalized spacial score (nSPS) is 19.8. The minimum atomic E-state index is -0.685. The molecule has 0 unspecified atom stereocenters. The highest BCUT2D eigenvalue weighted by molar-refractivity contribution is 6.36. The predicted molar refractivity (Wildman–Crippen MR) is 99.3 cm³/mol. The van der Waals surface area contributed by atoms with E-state index >= 15 is 0 Å². The van der Waals surface area contributed by atoms with Crippen LogP contribution in [0.4, 0.5) is 0 Å². The van der Waals surface area contributed by atoms with Crippen molar-refractivity contribution in [3.63, 3.8) is 0 Å². The van der Waals surface area contributed by atoms with Crippen molar-refractivity contribution in [2.75, 3.05) is 26.2 Å². The zero-order chi connectivity index (χ0) is 19.3. The maximum Gasteiger partial charge on any atom is 0.325 e. The molecule has 1 N–H and O–H groups in total.